The third-order valence-corrected chi connectivity index (χ3v) is 7.89. The van der Waals surface area contributed by atoms with Crippen LogP contribution in [0.2, 0.25) is 0 Å². The Kier molecular flexibility index (Phi) is 12.0. The number of nitrogens with two attached hydrogens (primary N) is 1. The van der Waals surface area contributed by atoms with Crippen LogP contribution < -0.4 is 21.5 Å². The number of hydrogen-bond acceptors (Lipinski definition) is 13. The summed E-state index contributed by atoms with van der Waals surface area (Å²) in [6.07, 6.45) is 7.52. The molecule has 2 aromatic rings. The quantitative estimate of drug-likeness (QED) is 0.0595. The van der Waals surface area contributed by atoms with Gasteiger partial charge in [0.1, 0.15) is 12.1 Å². The molecule has 0 bridgehead atoms. The van der Waals surface area contributed by atoms with Crippen LogP contribution in [0.15, 0.2) is 23.3 Å². The van der Waals surface area contributed by atoms with Crippen molar-refractivity contribution in [3.05, 3.63) is 28.8 Å². The summed E-state index contributed by atoms with van der Waals surface area (Å²) >= 11 is 0. The van der Waals surface area contributed by atoms with E-state index in [0.717, 1.165) is 25.7 Å². The predicted octanol–water partition coefficient (Wildman–Crippen LogP) is 1.02. The SMILES string of the molecule is C#CC1(OCP(NCC(=O)OCCCC)N[C@@H](C)C(=O)OCCCC)OC(n2cnc3c(=O)[nH]c(N)nc32)C(O)C1=C. The molecule has 0 radical (unpaired) electrons. The number of nitrogens with one attached hydrogen (secondary N) is 3. The number of fused-ring (bicyclic) bond motifs is 1. The van der Waals surface area contributed by atoms with E-state index in [9.17, 15) is 19.5 Å². The average molecular weight is 608 g/mol. The van der Waals surface area contributed by atoms with Crippen molar-refractivity contribution in [2.24, 2.45) is 0 Å². The highest BCUT2D eigenvalue weighted by Crippen LogP contribution is 2.43. The number of terminal acetylenes is 1. The van der Waals surface area contributed by atoms with Gasteiger partial charge in [0.15, 0.2) is 17.4 Å². The van der Waals surface area contributed by atoms with E-state index in [0.29, 0.717) is 6.61 Å². The molecule has 1 aliphatic rings. The molecule has 1 fully saturated rings. The van der Waals surface area contributed by atoms with Gasteiger partial charge in [-0.15, -0.1) is 6.42 Å². The topological polar surface area (TPSA) is 205 Å². The molecule has 0 amide bonds. The Bertz CT molecular complexity index is 1360. The van der Waals surface area contributed by atoms with E-state index in [4.69, 9.17) is 31.1 Å². The molecule has 0 saturated carbocycles. The second-order valence-electron chi connectivity index (χ2n) is 9.50. The van der Waals surface area contributed by atoms with Gasteiger partial charge in [-0.1, -0.05) is 33.3 Å². The third kappa shape index (κ3) is 7.91. The highest BCUT2D eigenvalue weighted by molar-refractivity contribution is 7.53. The van der Waals surface area contributed by atoms with Gasteiger partial charge in [0.25, 0.3) is 11.3 Å². The third-order valence-electron chi connectivity index (χ3n) is 6.27. The standard InChI is InChI=1S/C26H38N7O8P/c1-6-9-11-38-18(34)13-29-42(32-17(5)24(37)39-12-10-7-2)15-40-26(8-3)16(4)20(35)23(41-26)33-14-28-19-21(33)30-25(27)31-22(19)36/h3,14,17,20,23,29,32,35H,4,6-7,9-13,15H2,1-2,5H3,(H3,27,30,31,36)/t17-,20?,23?,26?,42?/m0/s1. The number of aromatic nitrogens is 4. The van der Waals surface area contributed by atoms with Crippen LogP contribution in [-0.2, 0) is 28.5 Å². The first kappa shape index (κ1) is 33.1. The predicted molar refractivity (Wildman–Crippen MR) is 155 cm³/mol. The molecule has 0 aromatic carbocycles. The number of carbonyl (C=O) groups excluding carboxylic acids is 2. The molecule has 3 rings (SSSR count). The Morgan fingerprint density at radius 3 is 2.71 bits per heavy atom. The van der Waals surface area contributed by atoms with Crippen LogP contribution in [-0.4, -0.2) is 80.6 Å². The molecule has 3 heterocycles. The first-order chi connectivity index (χ1) is 20.1. The van der Waals surface area contributed by atoms with Crippen LogP contribution >= 0.6 is 8.22 Å². The minimum atomic E-state index is -1.91. The lowest BCUT2D eigenvalue weighted by Crippen LogP contribution is -2.39. The van der Waals surface area contributed by atoms with Crippen molar-refractivity contribution in [3.8, 4) is 12.3 Å². The minimum absolute atomic E-state index is 0.00983. The number of rotatable bonds is 16. The van der Waals surface area contributed by atoms with Crippen molar-refractivity contribution in [2.75, 3.05) is 31.8 Å². The van der Waals surface area contributed by atoms with Crippen LogP contribution in [0.4, 0.5) is 5.95 Å². The molecule has 1 aliphatic heterocycles. The van der Waals surface area contributed by atoms with Crippen molar-refractivity contribution in [1.82, 2.24) is 29.7 Å². The van der Waals surface area contributed by atoms with Gasteiger partial charge in [0.2, 0.25) is 5.95 Å². The van der Waals surface area contributed by atoms with E-state index in [-0.39, 0.29) is 42.2 Å². The summed E-state index contributed by atoms with van der Waals surface area (Å²) in [5, 5.41) is 17.1. The lowest BCUT2D eigenvalue weighted by atomic mass is 10.1. The van der Waals surface area contributed by atoms with Gasteiger partial charge in [-0.25, -0.2) is 4.98 Å². The van der Waals surface area contributed by atoms with Crippen molar-refractivity contribution < 1.29 is 33.6 Å². The summed E-state index contributed by atoms with van der Waals surface area (Å²) in [6, 6.07) is -0.750. The van der Waals surface area contributed by atoms with Crippen molar-refractivity contribution in [1.29, 1.82) is 0 Å². The molecular weight excluding hydrogens is 569 g/mol. The molecule has 5 atom stereocenters. The largest absolute Gasteiger partial charge is 0.465 e. The van der Waals surface area contributed by atoms with Crippen LogP contribution in [0, 0.1) is 12.3 Å². The number of aromatic amines is 1. The van der Waals surface area contributed by atoms with E-state index in [1.54, 1.807) is 6.92 Å². The smallest absolute Gasteiger partial charge is 0.323 e. The van der Waals surface area contributed by atoms with E-state index in [2.05, 4.69) is 37.6 Å². The molecule has 0 aliphatic carbocycles. The molecule has 16 heteroatoms. The van der Waals surface area contributed by atoms with Crippen molar-refractivity contribution >= 4 is 37.3 Å². The van der Waals surface area contributed by atoms with E-state index >= 15 is 0 Å². The number of anilines is 1. The summed E-state index contributed by atoms with van der Waals surface area (Å²) in [6.45, 7) is 9.89. The van der Waals surface area contributed by atoms with Gasteiger partial charge in [0.05, 0.1) is 40.7 Å². The molecular formula is C26H38N7O8P. The van der Waals surface area contributed by atoms with Crippen LogP contribution in [0.3, 0.4) is 0 Å². The number of imidazole rings is 1. The Labute approximate surface area is 244 Å². The van der Waals surface area contributed by atoms with E-state index in [1.807, 2.05) is 13.8 Å². The van der Waals surface area contributed by atoms with E-state index in [1.165, 1.54) is 10.9 Å². The number of nitrogens with zero attached hydrogens (tertiary/aromatic N) is 3. The molecule has 1 saturated heterocycles. The summed E-state index contributed by atoms with van der Waals surface area (Å²) in [4.78, 5) is 47.4. The number of H-pyrrole nitrogens is 1. The molecule has 6 N–H and O–H groups in total. The second kappa shape index (κ2) is 15.2. The lowest BCUT2D eigenvalue weighted by Gasteiger charge is -2.29. The number of aliphatic hydroxyl groups excluding tert-OH is 1. The zero-order chi connectivity index (χ0) is 30.9. The number of carbonyl (C=O) groups is 2. The number of esters is 2. The van der Waals surface area contributed by atoms with Crippen LogP contribution in [0.25, 0.3) is 11.2 Å². The van der Waals surface area contributed by atoms with Gasteiger partial charge in [0, 0.05) is 5.57 Å². The number of unbranched alkanes of at least 4 members (excludes halogenated alkanes) is 2. The monoisotopic (exact) mass is 607 g/mol. The molecule has 2 aromatic heterocycles. The Hall–Kier alpha value is -3.38. The van der Waals surface area contributed by atoms with Gasteiger partial charge < -0.3 is 29.8 Å². The molecule has 4 unspecified atom stereocenters. The Morgan fingerprint density at radius 1 is 1.36 bits per heavy atom. The molecule has 0 spiro atoms. The van der Waals surface area contributed by atoms with Crippen LogP contribution in [0.1, 0.15) is 52.7 Å². The zero-order valence-corrected chi connectivity index (χ0v) is 24.8. The fourth-order valence-corrected chi connectivity index (χ4v) is 5.33. The number of hydrogen-bond donors (Lipinski definition) is 5. The van der Waals surface area contributed by atoms with Gasteiger partial charge in [-0.05, 0) is 25.7 Å². The average Bonchev–Trinajstić information content (AvgIpc) is 3.49. The Morgan fingerprint density at radius 2 is 2.05 bits per heavy atom. The zero-order valence-electron chi connectivity index (χ0n) is 23.9. The molecule has 230 valence electrons. The first-order valence-electron chi connectivity index (χ1n) is 13.6. The highest BCUT2D eigenvalue weighted by atomic mass is 31.1. The van der Waals surface area contributed by atoms with Crippen molar-refractivity contribution in [3.63, 3.8) is 0 Å². The summed E-state index contributed by atoms with van der Waals surface area (Å²) in [5.74, 6) is -0.611. The van der Waals surface area contributed by atoms with Crippen molar-refractivity contribution in [2.45, 2.75) is 70.6 Å². The fourth-order valence-electron chi connectivity index (χ4n) is 3.86. The highest BCUT2D eigenvalue weighted by Gasteiger charge is 2.51. The summed E-state index contributed by atoms with van der Waals surface area (Å²) in [5.41, 5.74) is 5.17. The normalized spacial score (nSPS) is 21.6. The summed E-state index contributed by atoms with van der Waals surface area (Å²) < 4.78 is 23.8. The number of aliphatic hydroxyl groups is 1. The Balaban J connectivity index is 1.76. The maximum Gasteiger partial charge on any atom is 0.323 e. The maximum absolute atomic E-state index is 12.5. The number of ether oxygens (including phenoxy) is 4. The van der Waals surface area contributed by atoms with Gasteiger partial charge in [-0.2, -0.15) is 4.98 Å². The maximum atomic E-state index is 12.5. The molecule has 42 heavy (non-hydrogen) atoms. The van der Waals surface area contributed by atoms with Gasteiger partial charge >= 0.3 is 11.9 Å². The molecule has 15 nitrogen and oxygen atoms in total. The minimum Gasteiger partial charge on any atom is -0.465 e. The van der Waals surface area contributed by atoms with Crippen LogP contribution in [0.5, 0.6) is 0 Å². The number of nitrogen functional groups attached to an aromatic ring is 1. The second-order valence-corrected chi connectivity index (χ2v) is 11.2. The first-order valence-corrected chi connectivity index (χ1v) is 15.1. The van der Waals surface area contributed by atoms with Gasteiger partial charge in [-0.3, -0.25) is 34.1 Å². The van der Waals surface area contributed by atoms with E-state index < -0.39 is 49.9 Å². The lowest BCUT2D eigenvalue weighted by molar-refractivity contribution is -0.181. The fraction of sp³-hybridized carbons (Fsp3) is 0.577. The summed E-state index contributed by atoms with van der Waals surface area (Å²) in [7, 11) is -1.60.